The Labute approximate surface area is 193 Å². The average Bonchev–Trinajstić information content (AvgIpc) is 3.22. The summed E-state index contributed by atoms with van der Waals surface area (Å²) in [5.74, 6) is -0.204. The van der Waals surface area contributed by atoms with Crippen molar-refractivity contribution in [2.75, 3.05) is 0 Å². The Kier molecular flexibility index (Phi) is 6.83. The quantitative estimate of drug-likeness (QED) is 0.347. The van der Waals surface area contributed by atoms with Crippen molar-refractivity contribution < 1.29 is 14.6 Å². The fourth-order valence-corrected chi connectivity index (χ4v) is 4.09. The van der Waals surface area contributed by atoms with E-state index < -0.39 is 5.97 Å². The van der Waals surface area contributed by atoms with Crippen molar-refractivity contribution in [1.82, 2.24) is 14.5 Å². The molecule has 0 aliphatic carbocycles. The second-order valence-corrected chi connectivity index (χ2v) is 8.02. The third-order valence-electron chi connectivity index (χ3n) is 5.77. The van der Waals surface area contributed by atoms with Gasteiger partial charge in [0.1, 0.15) is 12.4 Å². The van der Waals surface area contributed by atoms with Crippen LogP contribution in [0.1, 0.15) is 41.6 Å². The van der Waals surface area contributed by atoms with Crippen LogP contribution >= 0.6 is 0 Å². The molecule has 0 bridgehead atoms. The molecule has 1 atom stereocenters. The van der Waals surface area contributed by atoms with E-state index in [0.717, 1.165) is 22.6 Å². The molecule has 4 aromatic rings. The van der Waals surface area contributed by atoms with Gasteiger partial charge < -0.3 is 14.4 Å². The van der Waals surface area contributed by atoms with Crippen LogP contribution in [0.15, 0.2) is 79.4 Å². The van der Waals surface area contributed by atoms with E-state index in [4.69, 9.17) is 9.84 Å². The molecule has 0 saturated heterocycles. The van der Waals surface area contributed by atoms with Gasteiger partial charge in [0.25, 0.3) is 0 Å². The molecule has 2 aromatic heterocycles. The summed E-state index contributed by atoms with van der Waals surface area (Å²) in [6.45, 7) is 5.12. The first-order chi connectivity index (χ1) is 16.0. The third-order valence-corrected chi connectivity index (χ3v) is 5.77. The van der Waals surface area contributed by atoms with Crippen LogP contribution in [0.25, 0.3) is 10.9 Å². The van der Waals surface area contributed by atoms with Gasteiger partial charge in [-0.2, -0.15) is 0 Å². The second kappa shape index (κ2) is 10.1. The molecular formula is C27H27N3O3. The van der Waals surface area contributed by atoms with E-state index in [0.29, 0.717) is 13.2 Å². The number of aryl methyl sites for hydroxylation is 1. The predicted octanol–water partition coefficient (Wildman–Crippen LogP) is 5.50. The monoisotopic (exact) mass is 441 g/mol. The molecular weight excluding hydrogens is 414 g/mol. The molecule has 2 aromatic carbocycles. The number of ether oxygens (including phenoxy) is 1. The van der Waals surface area contributed by atoms with Crippen LogP contribution in [0, 0.1) is 6.92 Å². The van der Waals surface area contributed by atoms with E-state index in [1.165, 1.54) is 16.5 Å². The Morgan fingerprint density at radius 2 is 1.97 bits per heavy atom. The SMILES string of the molecule is CC=C[C@H](CC(=O)O)c1ccc(OCc2ccc3ccn(Cc4cnccn4)c3c2C)cc1. The number of aliphatic carboxylic acids is 1. The lowest BCUT2D eigenvalue weighted by molar-refractivity contribution is -0.137. The Morgan fingerprint density at radius 3 is 2.67 bits per heavy atom. The van der Waals surface area contributed by atoms with Gasteiger partial charge in [0, 0.05) is 24.5 Å². The molecule has 0 saturated carbocycles. The molecule has 4 rings (SSSR count). The minimum atomic E-state index is -0.812. The van der Waals surface area contributed by atoms with Gasteiger partial charge in [-0.05, 0) is 54.1 Å². The number of carboxylic acids is 1. The van der Waals surface area contributed by atoms with Crippen molar-refractivity contribution >= 4 is 16.9 Å². The number of carboxylic acid groups (broad SMARTS) is 1. The largest absolute Gasteiger partial charge is 0.489 e. The number of fused-ring (bicyclic) bond motifs is 1. The second-order valence-electron chi connectivity index (χ2n) is 8.02. The lowest BCUT2D eigenvalue weighted by Gasteiger charge is -2.14. The van der Waals surface area contributed by atoms with Crippen molar-refractivity contribution in [3.63, 3.8) is 0 Å². The zero-order valence-corrected chi connectivity index (χ0v) is 18.8. The number of hydrogen-bond acceptors (Lipinski definition) is 4. The zero-order chi connectivity index (χ0) is 23.2. The van der Waals surface area contributed by atoms with Crippen molar-refractivity contribution in [3.05, 3.63) is 102 Å². The van der Waals surface area contributed by atoms with Crippen LogP contribution in [0.4, 0.5) is 0 Å². The zero-order valence-electron chi connectivity index (χ0n) is 18.8. The van der Waals surface area contributed by atoms with Crippen LogP contribution in [0.3, 0.4) is 0 Å². The molecule has 0 unspecified atom stereocenters. The number of nitrogens with zero attached hydrogens (tertiary/aromatic N) is 3. The summed E-state index contributed by atoms with van der Waals surface area (Å²) < 4.78 is 8.26. The molecule has 0 fully saturated rings. The van der Waals surface area contributed by atoms with Gasteiger partial charge in [-0.25, -0.2) is 0 Å². The highest BCUT2D eigenvalue weighted by atomic mass is 16.5. The van der Waals surface area contributed by atoms with E-state index in [1.54, 1.807) is 18.6 Å². The highest BCUT2D eigenvalue weighted by Gasteiger charge is 2.13. The van der Waals surface area contributed by atoms with E-state index in [9.17, 15) is 4.79 Å². The van der Waals surface area contributed by atoms with Gasteiger partial charge in [0.15, 0.2) is 0 Å². The lowest BCUT2D eigenvalue weighted by atomic mass is 9.95. The van der Waals surface area contributed by atoms with Gasteiger partial charge in [-0.15, -0.1) is 0 Å². The first-order valence-electron chi connectivity index (χ1n) is 10.9. The van der Waals surface area contributed by atoms with Crippen molar-refractivity contribution in [3.8, 4) is 5.75 Å². The molecule has 33 heavy (non-hydrogen) atoms. The molecule has 6 heteroatoms. The fraction of sp³-hybridized carbons (Fsp3) is 0.222. The van der Waals surface area contributed by atoms with Gasteiger partial charge in [0.2, 0.25) is 0 Å². The molecule has 1 N–H and O–H groups in total. The van der Waals surface area contributed by atoms with Crippen molar-refractivity contribution in [2.45, 2.75) is 39.3 Å². The fourth-order valence-electron chi connectivity index (χ4n) is 4.09. The Hall–Kier alpha value is -3.93. The minimum Gasteiger partial charge on any atom is -0.489 e. The predicted molar refractivity (Wildman–Crippen MR) is 128 cm³/mol. The minimum absolute atomic E-state index is 0.0674. The van der Waals surface area contributed by atoms with Gasteiger partial charge in [0.05, 0.1) is 30.4 Å². The van der Waals surface area contributed by atoms with Crippen LogP contribution < -0.4 is 4.74 Å². The van der Waals surface area contributed by atoms with E-state index in [-0.39, 0.29) is 12.3 Å². The maximum atomic E-state index is 11.1. The van der Waals surface area contributed by atoms with Gasteiger partial charge >= 0.3 is 5.97 Å². The molecule has 2 heterocycles. The topological polar surface area (TPSA) is 77.2 Å². The molecule has 0 spiro atoms. The van der Waals surface area contributed by atoms with Crippen LogP contribution in [-0.4, -0.2) is 25.6 Å². The number of aromatic nitrogens is 3. The van der Waals surface area contributed by atoms with E-state index >= 15 is 0 Å². The third kappa shape index (κ3) is 5.29. The molecule has 0 aliphatic heterocycles. The summed E-state index contributed by atoms with van der Waals surface area (Å²) in [6, 6.07) is 14.0. The van der Waals surface area contributed by atoms with E-state index in [1.807, 2.05) is 43.3 Å². The van der Waals surface area contributed by atoms with Gasteiger partial charge in [-0.3, -0.25) is 14.8 Å². The number of hydrogen-bond donors (Lipinski definition) is 1. The van der Waals surface area contributed by atoms with Crippen LogP contribution in [0.5, 0.6) is 5.75 Å². The number of rotatable bonds is 9. The molecule has 0 aliphatic rings. The standard InChI is InChI=1S/C27H27N3O3/c1-3-4-22(15-26(31)32)20-7-9-25(10-8-20)33-18-23-6-5-21-11-14-30(27(21)19(23)2)17-24-16-28-12-13-29-24/h3-14,16,22H,15,17-18H2,1-2H3,(H,31,32)/t22-/m1/s1. The highest BCUT2D eigenvalue weighted by Crippen LogP contribution is 2.27. The van der Waals surface area contributed by atoms with Crippen molar-refractivity contribution in [1.29, 1.82) is 0 Å². The summed E-state index contributed by atoms with van der Waals surface area (Å²) in [4.78, 5) is 19.7. The van der Waals surface area contributed by atoms with Gasteiger partial charge in [-0.1, -0.05) is 36.4 Å². The first kappa shape index (κ1) is 22.3. The maximum Gasteiger partial charge on any atom is 0.304 e. The Bertz CT molecular complexity index is 1260. The summed E-state index contributed by atoms with van der Waals surface area (Å²) in [7, 11) is 0. The van der Waals surface area contributed by atoms with E-state index in [2.05, 4.69) is 45.9 Å². The normalized spacial score (nSPS) is 12.3. The molecule has 0 amide bonds. The maximum absolute atomic E-state index is 11.1. The summed E-state index contributed by atoms with van der Waals surface area (Å²) in [5.41, 5.74) is 5.33. The highest BCUT2D eigenvalue weighted by molar-refractivity contribution is 5.84. The van der Waals surface area contributed by atoms with Crippen LogP contribution in [-0.2, 0) is 17.9 Å². The number of carbonyl (C=O) groups is 1. The number of benzene rings is 2. The summed E-state index contributed by atoms with van der Waals surface area (Å²) in [6.07, 6.45) is 11.1. The molecule has 168 valence electrons. The van der Waals surface area contributed by atoms with Crippen LogP contribution in [0.2, 0.25) is 0 Å². The number of allylic oxidation sites excluding steroid dienone is 2. The Morgan fingerprint density at radius 1 is 1.15 bits per heavy atom. The van der Waals surface area contributed by atoms with Crippen molar-refractivity contribution in [2.24, 2.45) is 0 Å². The average molecular weight is 442 g/mol. The lowest BCUT2D eigenvalue weighted by Crippen LogP contribution is -2.05. The Balaban J connectivity index is 1.49. The smallest absolute Gasteiger partial charge is 0.304 e. The first-order valence-corrected chi connectivity index (χ1v) is 10.9. The molecule has 0 radical (unpaired) electrons. The molecule has 6 nitrogen and oxygen atoms in total. The summed E-state index contributed by atoms with van der Waals surface area (Å²) >= 11 is 0. The summed E-state index contributed by atoms with van der Waals surface area (Å²) in [5, 5.41) is 10.3.